The molecule has 1 atom stereocenters. The number of hydrogen-bond donors (Lipinski definition) is 1. The second kappa shape index (κ2) is 5.88. The molecule has 94 valence electrons. The Bertz CT molecular complexity index is 367. The van der Waals surface area contributed by atoms with Gasteiger partial charge < -0.3 is 5.11 Å². The molecular formula is C15H21ClO. The zero-order chi connectivity index (χ0) is 12.3. The summed E-state index contributed by atoms with van der Waals surface area (Å²) in [5.74, 6) is 0.386. The second-order valence-electron chi connectivity index (χ2n) is 5.17. The molecule has 1 aliphatic rings. The summed E-state index contributed by atoms with van der Waals surface area (Å²) in [5.41, 5.74) is 1.97. The second-order valence-corrected chi connectivity index (χ2v) is 5.55. The zero-order valence-electron chi connectivity index (χ0n) is 10.5. The fourth-order valence-electron chi connectivity index (χ4n) is 2.78. The van der Waals surface area contributed by atoms with Crippen molar-refractivity contribution in [3.05, 3.63) is 34.3 Å². The van der Waals surface area contributed by atoms with Gasteiger partial charge in [-0.1, -0.05) is 55.5 Å². The number of aliphatic hydroxyl groups excluding tert-OH is 1. The first kappa shape index (κ1) is 12.9. The third kappa shape index (κ3) is 3.02. The van der Waals surface area contributed by atoms with E-state index in [0.717, 1.165) is 29.0 Å². The molecule has 1 saturated carbocycles. The van der Waals surface area contributed by atoms with Crippen LogP contribution in [0.15, 0.2) is 18.2 Å². The molecule has 17 heavy (non-hydrogen) atoms. The van der Waals surface area contributed by atoms with Crippen LogP contribution in [0.25, 0.3) is 0 Å². The molecule has 0 heterocycles. The minimum atomic E-state index is -0.388. The summed E-state index contributed by atoms with van der Waals surface area (Å²) in [4.78, 5) is 0. The topological polar surface area (TPSA) is 20.2 Å². The highest BCUT2D eigenvalue weighted by Gasteiger charge is 2.24. The van der Waals surface area contributed by atoms with Crippen molar-refractivity contribution in [1.29, 1.82) is 0 Å². The van der Waals surface area contributed by atoms with Crippen LogP contribution in [0.2, 0.25) is 5.02 Å². The van der Waals surface area contributed by atoms with Crippen molar-refractivity contribution in [3.8, 4) is 0 Å². The Balaban J connectivity index is 2.17. The lowest BCUT2D eigenvalue weighted by atomic mass is 9.89. The van der Waals surface area contributed by atoms with E-state index in [1.807, 2.05) is 25.1 Å². The van der Waals surface area contributed by atoms with Gasteiger partial charge in [-0.25, -0.2) is 0 Å². The van der Waals surface area contributed by atoms with Crippen LogP contribution < -0.4 is 0 Å². The van der Waals surface area contributed by atoms with E-state index in [4.69, 9.17) is 11.6 Å². The summed E-state index contributed by atoms with van der Waals surface area (Å²) in [5, 5.41) is 11.2. The predicted octanol–water partition coefficient (Wildman–Crippen LogP) is 4.65. The van der Waals surface area contributed by atoms with Crippen LogP contribution in [0.5, 0.6) is 0 Å². The largest absolute Gasteiger partial charge is 0.388 e. The number of aliphatic hydroxyl groups is 1. The molecule has 0 saturated heterocycles. The molecule has 0 aliphatic heterocycles. The molecule has 0 radical (unpaired) electrons. The molecule has 0 amide bonds. The van der Waals surface area contributed by atoms with Gasteiger partial charge in [-0.15, -0.1) is 0 Å². The van der Waals surface area contributed by atoms with Gasteiger partial charge in [0.2, 0.25) is 0 Å². The maximum Gasteiger partial charge on any atom is 0.0832 e. The number of hydrogen-bond acceptors (Lipinski definition) is 1. The quantitative estimate of drug-likeness (QED) is 0.760. The van der Waals surface area contributed by atoms with Crippen LogP contribution in [0.1, 0.15) is 55.8 Å². The first-order valence-corrected chi connectivity index (χ1v) is 7.01. The van der Waals surface area contributed by atoms with Crippen molar-refractivity contribution in [1.82, 2.24) is 0 Å². The van der Waals surface area contributed by atoms with Gasteiger partial charge in [-0.2, -0.15) is 0 Å². The third-order valence-corrected chi connectivity index (χ3v) is 4.40. The van der Waals surface area contributed by atoms with Crippen molar-refractivity contribution < 1.29 is 5.11 Å². The minimum absolute atomic E-state index is 0.386. The van der Waals surface area contributed by atoms with E-state index >= 15 is 0 Å². The van der Waals surface area contributed by atoms with Gasteiger partial charge in [0.25, 0.3) is 0 Å². The van der Waals surface area contributed by atoms with Gasteiger partial charge >= 0.3 is 0 Å². The van der Waals surface area contributed by atoms with Gasteiger partial charge in [0, 0.05) is 5.02 Å². The molecule has 0 aromatic heterocycles. The van der Waals surface area contributed by atoms with Crippen LogP contribution in [-0.4, -0.2) is 5.11 Å². The van der Waals surface area contributed by atoms with E-state index in [9.17, 15) is 5.11 Å². The average Bonchev–Trinajstić information content (AvgIpc) is 2.60. The number of rotatable bonds is 2. The Morgan fingerprint density at radius 1 is 1.18 bits per heavy atom. The van der Waals surface area contributed by atoms with Crippen molar-refractivity contribution in [2.45, 2.75) is 51.6 Å². The average molecular weight is 253 g/mol. The summed E-state index contributed by atoms with van der Waals surface area (Å²) < 4.78 is 0. The minimum Gasteiger partial charge on any atom is -0.388 e. The van der Waals surface area contributed by atoms with E-state index < -0.39 is 0 Å². The Kier molecular flexibility index (Phi) is 4.47. The zero-order valence-corrected chi connectivity index (χ0v) is 11.2. The van der Waals surface area contributed by atoms with Crippen LogP contribution in [0.4, 0.5) is 0 Å². The summed E-state index contributed by atoms with van der Waals surface area (Å²) in [6.45, 7) is 1.99. The number of benzene rings is 1. The van der Waals surface area contributed by atoms with Crippen molar-refractivity contribution in [2.75, 3.05) is 0 Å². The van der Waals surface area contributed by atoms with Crippen molar-refractivity contribution >= 4 is 11.6 Å². The van der Waals surface area contributed by atoms with E-state index in [-0.39, 0.29) is 6.10 Å². The molecule has 0 spiro atoms. The van der Waals surface area contributed by atoms with Gasteiger partial charge in [-0.3, -0.25) is 0 Å². The molecule has 1 fully saturated rings. The number of aryl methyl sites for hydroxylation is 1. The molecule has 1 aromatic rings. The molecule has 0 bridgehead atoms. The molecule has 2 heteroatoms. The highest BCUT2D eigenvalue weighted by molar-refractivity contribution is 6.32. The number of halogens is 1. The van der Waals surface area contributed by atoms with Gasteiger partial charge in [0.1, 0.15) is 0 Å². The lowest BCUT2D eigenvalue weighted by Crippen LogP contribution is -2.12. The first-order chi connectivity index (χ1) is 8.20. The van der Waals surface area contributed by atoms with Gasteiger partial charge in [-0.05, 0) is 36.8 Å². The van der Waals surface area contributed by atoms with Crippen molar-refractivity contribution in [3.63, 3.8) is 0 Å². The summed E-state index contributed by atoms with van der Waals surface area (Å²) in [6.07, 6.45) is 6.98. The molecule has 1 nitrogen and oxygen atoms in total. The lowest BCUT2D eigenvalue weighted by molar-refractivity contribution is 0.0988. The van der Waals surface area contributed by atoms with E-state index in [1.165, 1.54) is 25.7 Å². The highest BCUT2D eigenvalue weighted by Crippen LogP contribution is 2.36. The molecular weight excluding hydrogens is 232 g/mol. The van der Waals surface area contributed by atoms with Crippen molar-refractivity contribution in [2.24, 2.45) is 5.92 Å². The van der Waals surface area contributed by atoms with Gasteiger partial charge in [0.15, 0.2) is 0 Å². The smallest absolute Gasteiger partial charge is 0.0832 e. The van der Waals surface area contributed by atoms with Gasteiger partial charge in [0.05, 0.1) is 6.10 Å². The fourth-order valence-corrected chi connectivity index (χ4v) is 3.02. The summed E-state index contributed by atoms with van der Waals surface area (Å²) >= 11 is 6.29. The molecule has 1 aliphatic carbocycles. The lowest BCUT2D eigenvalue weighted by Gasteiger charge is -2.23. The Morgan fingerprint density at radius 3 is 2.47 bits per heavy atom. The van der Waals surface area contributed by atoms with E-state index in [0.29, 0.717) is 5.92 Å². The fraction of sp³-hybridized carbons (Fsp3) is 0.600. The predicted molar refractivity (Wildman–Crippen MR) is 72.3 cm³/mol. The first-order valence-electron chi connectivity index (χ1n) is 6.63. The molecule has 1 aromatic carbocycles. The van der Waals surface area contributed by atoms with Crippen LogP contribution >= 0.6 is 11.6 Å². The maximum atomic E-state index is 10.5. The van der Waals surface area contributed by atoms with E-state index in [2.05, 4.69) is 0 Å². The molecule has 2 rings (SSSR count). The summed E-state index contributed by atoms with van der Waals surface area (Å²) in [7, 11) is 0. The SMILES string of the molecule is Cc1cccc(C(O)C2CCCCCC2)c1Cl. The Hall–Kier alpha value is -0.530. The van der Waals surface area contributed by atoms with Crippen LogP contribution in [0.3, 0.4) is 0 Å². The Labute approximate surface area is 109 Å². The van der Waals surface area contributed by atoms with E-state index in [1.54, 1.807) is 0 Å². The Morgan fingerprint density at radius 2 is 1.82 bits per heavy atom. The molecule has 1 N–H and O–H groups in total. The normalized spacial score (nSPS) is 19.9. The third-order valence-electron chi connectivity index (χ3n) is 3.89. The maximum absolute atomic E-state index is 10.5. The monoisotopic (exact) mass is 252 g/mol. The standard InChI is InChI=1S/C15H21ClO/c1-11-7-6-10-13(14(11)16)15(17)12-8-4-2-3-5-9-12/h6-7,10,12,15,17H,2-5,8-9H2,1H3. The summed E-state index contributed by atoms with van der Waals surface area (Å²) in [6, 6.07) is 5.94. The molecule has 1 unspecified atom stereocenters. The van der Waals surface area contributed by atoms with Crippen LogP contribution in [0, 0.1) is 12.8 Å². The van der Waals surface area contributed by atoms with Crippen LogP contribution in [-0.2, 0) is 0 Å². The highest BCUT2D eigenvalue weighted by atomic mass is 35.5.